The predicted octanol–water partition coefficient (Wildman–Crippen LogP) is 3.96. The van der Waals surface area contributed by atoms with Crippen LogP contribution < -0.4 is 5.32 Å². The van der Waals surface area contributed by atoms with Gasteiger partial charge in [0.05, 0.1) is 6.61 Å². The molecule has 20 heavy (non-hydrogen) atoms. The van der Waals surface area contributed by atoms with E-state index in [-0.39, 0.29) is 5.41 Å². The van der Waals surface area contributed by atoms with E-state index in [1.165, 1.54) is 16.0 Å². The van der Waals surface area contributed by atoms with Crippen molar-refractivity contribution in [2.24, 2.45) is 0 Å². The molecule has 0 saturated heterocycles. The molecule has 0 atom stereocenters. The normalized spacial score (nSPS) is 11.8. The molecule has 0 radical (unpaired) electrons. The first kappa shape index (κ1) is 15.2. The fourth-order valence-corrected chi connectivity index (χ4v) is 3.14. The third-order valence-electron chi connectivity index (χ3n) is 3.49. The fraction of sp³-hybridized carbons (Fsp3) is 0.412. The Bertz CT molecular complexity index is 520. The molecule has 0 saturated carbocycles. The van der Waals surface area contributed by atoms with Crippen LogP contribution >= 0.6 is 11.3 Å². The van der Waals surface area contributed by atoms with Crippen molar-refractivity contribution >= 4 is 11.3 Å². The monoisotopic (exact) mass is 289 g/mol. The Balaban J connectivity index is 1.93. The van der Waals surface area contributed by atoms with E-state index in [2.05, 4.69) is 60.9 Å². The van der Waals surface area contributed by atoms with Gasteiger partial charge in [-0.3, -0.25) is 0 Å². The summed E-state index contributed by atoms with van der Waals surface area (Å²) >= 11 is 1.83. The van der Waals surface area contributed by atoms with Crippen molar-refractivity contribution in [1.29, 1.82) is 0 Å². The minimum atomic E-state index is 0.171. The quantitative estimate of drug-likeness (QED) is 0.833. The van der Waals surface area contributed by atoms with Crippen molar-refractivity contribution in [1.82, 2.24) is 5.32 Å². The molecule has 108 valence electrons. The largest absolute Gasteiger partial charge is 0.380 e. The van der Waals surface area contributed by atoms with Crippen LogP contribution in [-0.4, -0.2) is 13.7 Å². The minimum Gasteiger partial charge on any atom is -0.380 e. The van der Waals surface area contributed by atoms with E-state index in [0.717, 1.165) is 13.1 Å². The highest BCUT2D eigenvalue weighted by molar-refractivity contribution is 7.10. The first-order valence-corrected chi connectivity index (χ1v) is 7.82. The van der Waals surface area contributed by atoms with Gasteiger partial charge in [0.15, 0.2) is 0 Å². The van der Waals surface area contributed by atoms with Crippen LogP contribution in [-0.2, 0) is 23.3 Å². The average molecular weight is 289 g/mol. The molecular formula is C17H23NOS. The van der Waals surface area contributed by atoms with Gasteiger partial charge in [-0.05, 0) is 22.6 Å². The van der Waals surface area contributed by atoms with Crippen LogP contribution in [0.1, 0.15) is 29.9 Å². The Morgan fingerprint density at radius 2 is 1.85 bits per heavy atom. The third kappa shape index (κ3) is 3.92. The van der Waals surface area contributed by atoms with Crippen molar-refractivity contribution in [3.63, 3.8) is 0 Å². The molecule has 0 spiro atoms. The first-order chi connectivity index (χ1) is 9.63. The Morgan fingerprint density at radius 3 is 2.50 bits per heavy atom. The highest BCUT2D eigenvalue weighted by Gasteiger charge is 2.21. The van der Waals surface area contributed by atoms with E-state index in [1.807, 2.05) is 11.3 Å². The standard InChI is InChI=1S/C17H23NOS/c1-17(2,16-9-6-10-20-16)13-18-11-14-7-4-5-8-15(14)12-19-3/h4-10,18H,11-13H2,1-3H3. The maximum atomic E-state index is 5.25. The van der Waals surface area contributed by atoms with Crippen LogP contribution in [0.5, 0.6) is 0 Å². The Hall–Kier alpha value is -1.16. The lowest BCUT2D eigenvalue weighted by Gasteiger charge is -2.24. The maximum Gasteiger partial charge on any atom is 0.0716 e. The van der Waals surface area contributed by atoms with Gasteiger partial charge in [-0.25, -0.2) is 0 Å². The zero-order valence-electron chi connectivity index (χ0n) is 12.5. The number of thiophene rings is 1. The average Bonchev–Trinajstić information content (AvgIpc) is 2.96. The van der Waals surface area contributed by atoms with E-state index in [0.29, 0.717) is 6.61 Å². The Kier molecular flexibility index (Phi) is 5.35. The number of rotatable bonds is 7. The van der Waals surface area contributed by atoms with Gasteiger partial charge in [0.1, 0.15) is 0 Å². The second kappa shape index (κ2) is 7.02. The topological polar surface area (TPSA) is 21.3 Å². The van der Waals surface area contributed by atoms with Crippen molar-refractivity contribution in [2.45, 2.75) is 32.4 Å². The summed E-state index contributed by atoms with van der Waals surface area (Å²) in [6.45, 7) is 7.09. The van der Waals surface area contributed by atoms with Gasteiger partial charge in [0.25, 0.3) is 0 Å². The summed E-state index contributed by atoms with van der Waals surface area (Å²) in [6.07, 6.45) is 0. The highest BCUT2D eigenvalue weighted by Crippen LogP contribution is 2.26. The molecule has 0 aliphatic heterocycles. The van der Waals surface area contributed by atoms with Crippen LogP contribution in [0.25, 0.3) is 0 Å². The van der Waals surface area contributed by atoms with Gasteiger partial charge in [0, 0.05) is 30.5 Å². The van der Waals surface area contributed by atoms with Gasteiger partial charge in [-0.2, -0.15) is 0 Å². The van der Waals surface area contributed by atoms with Crippen LogP contribution in [0.15, 0.2) is 41.8 Å². The summed E-state index contributed by atoms with van der Waals surface area (Å²) in [5.41, 5.74) is 2.75. The first-order valence-electron chi connectivity index (χ1n) is 6.94. The van der Waals surface area contributed by atoms with E-state index >= 15 is 0 Å². The number of hydrogen-bond acceptors (Lipinski definition) is 3. The second-order valence-corrected chi connectivity index (χ2v) is 6.61. The summed E-state index contributed by atoms with van der Waals surface area (Å²) in [7, 11) is 1.74. The molecule has 1 heterocycles. The van der Waals surface area contributed by atoms with Crippen LogP contribution in [0.3, 0.4) is 0 Å². The molecule has 0 aliphatic rings. The summed E-state index contributed by atoms with van der Waals surface area (Å²) in [4.78, 5) is 1.43. The number of nitrogens with one attached hydrogen (secondary N) is 1. The van der Waals surface area contributed by atoms with Crippen molar-refractivity contribution in [2.75, 3.05) is 13.7 Å². The number of ether oxygens (including phenoxy) is 1. The van der Waals surface area contributed by atoms with Gasteiger partial charge in [-0.1, -0.05) is 44.2 Å². The molecule has 0 bridgehead atoms. The fourth-order valence-electron chi connectivity index (χ4n) is 2.29. The number of benzene rings is 1. The predicted molar refractivity (Wildman–Crippen MR) is 86.2 cm³/mol. The lowest BCUT2D eigenvalue weighted by atomic mass is 9.91. The zero-order chi connectivity index (χ0) is 14.4. The molecule has 1 aromatic heterocycles. The molecule has 2 aromatic rings. The highest BCUT2D eigenvalue weighted by atomic mass is 32.1. The number of hydrogen-bond donors (Lipinski definition) is 1. The Labute approximate surface area is 125 Å². The maximum absolute atomic E-state index is 5.25. The molecular weight excluding hydrogens is 266 g/mol. The Morgan fingerprint density at radius 1 is 1.10 bits per heavy atom. The van der Waals surface area contributed by atoms with Gasteiger partial charge < -0.3 is 10.1 Å². The molecule has 0 aliphatic carbocycles. The molecule has 0 fully saturated rings. The second-order valence-electron chi connectivity index (χ2n) is 5.67. The smallest absolute Gasteiger partial charge is 0.0716 e. The van der Waals surface area contributed by atoms with Crippen LogP contribution in [0.4, 0.5) is 0 Å². The van der Waals surface area contributed by atoms with E-state index in [1.54, 1.807) is 7.11 Å². The molecule has 2 nitrogen and oxygen atoms in total. The third-order valence-corrected chi connectivity index (χ3v) is 4.72. The zero-order valence-corrected chi connectivity index (χ0v) is 13.3. The van der Waals surface area contributed by atoms with Crippen molar-refractivity contribution < 1.29 is 4.74 Å². The van der Waals surface area contributed by atoms with Gasteiger partial charge in [-0.15, -0.1) is 11.3 Å². The summed E-state index contributed by atoms with van der Waals surface area (Å²) < 4.78 is 5.25. The lowest BCUT2D eigenvalue weighted by molar-refractivity contribution is 0.184. The molecule has 0 unspecified atom stereocenters. The lowest BCUT2D eigenvalue weighted by Crippen LogP contribution is -2.32. The van der Waals surface area contributed by atoms with E-state index < -0.39 is 0 Å². The van der Waals surface area contributed by atoms with E-state index in [9.17, 15) is 0 Å². The SMILES string of the molecule is COCc1ccccc1CNCC(C)(C)c1cccs1. The molecule has 0 amide bonds. The number of methoxy groups -OCH3 is 1. The van der Waals surface area contributed by atoms with Crippen LogP contribution in [0, 0.1) is 0 Å². The minimum absolute atomic E-state index is 0.171. The van der Waals surface area contributed by atoms with Crippen LogP contribution in [0.2, 0.25) is 0 Å². The summed E-state index contributed by atoms with van der Waals surface area (Å²) in [5, 5.41) is 5.72. The molecule has 1 N–H and O–H groups in total. The van der Waals surface area contributed by atoms with Gasteiger partial charge in [0.2, 0.25) is 0 Å². The molecule has 2 rings (SSSR count). The molecule has 3 heteroatoms. The van der Waals surface area contributed by atoms with Gasteiger partial charge >= 0.3 is 0 Å². The van der Waals surface area contributed by atoms with E-state index in [4.69, 9.17) is 4.74 Å². The van der Waals surface area contributed by atoms with Crippen molar-refractivity contribution in [3.05, 3.63) is 57.8 Å². The van der Waals surface area contributed by atoms with Crippen molar-refractivity contribution in [3.8, 4) is 0 Å². The molecule has 1 aromatic carbocycles. The summed E-state index contributed by atoms with van der Waals surface area (Å²) in [5.74, 6) is 0. The summed E-state index contributed by atoms with van der Waals surface area (Å²) in [6, 6.07) is 12.8.